The van der Waals surface area contributed by atoms with Crippen LogP contribution >= 0.6 is 34.9 Å². The van der Waals surface area contributed by atoms with E-state index in [1.165, 1.54) is 42.5 Å². The topological polar surface area (TPSA) is 292 Å². The van der Waals surface area contributed by atoms with Crippen LogP contribution < -0.4 is 35.6 Å². The number of aromatic nitrogens is 2. The second kappa shape index (κ2) is 17.0. The minimum Gasteiger partial charge on any atom is -0.494 e. The fraction of sp³-hybridized carbons (Fsp3) is 0.184. The Morgan fingerprint density at radius 3 is 2.03 bits per heavy atom. The highest BCUT2D eigenvalue weighted by molar-refractivity contribution is 8.07. The van der Waals surface area contributed by atoms with Crippen molar-refractivity contribution in [1.82, 2.24) is 14.0 Å². The number of thiazole rings is 1. The van der Waals surface area contributed by atoms with Crippen LogP contribution in [0, 0.1) is 10.1 Å². The fourth-order valence-electron chi connectivity index (χ4n) is 6.57. The Labute approximate surface area is 356 Å². The molecule has 0 fully saturated rings. The molecule has 0 radical (unpaired) electrons. The van der Waals surface area contributed by atoms with Gasteiger partial charge in [0, 0.05) is 34.2 Å². The second-order valence-electron chi connectivity index (χ2n) is 12.9. The zero-order valence-electron chi connectivity index (χ0n) is 31.8. The Hall–Kier alpha value is -7.31. The number of carbonyl (C=O) groups is 7. The van der Waals surface area contributed by atoms with E-state index in [0.717, 1.165) is 23.9 Å². The summed E-state index contributed by atoms with van der Waals surface area (Å²) in [6.07, 6.45) is 3.43. The van der Waals surface area contributed by atoms with E-state index >= 15 is 0 Å². The first kappa shape index (κ1) is 42.8. The lowest BCUT2D eigenvalue weighted by Gasteiger charge is -2.21. The van der Waals surface area contributed by atoms with Crippen LogP contribution in [0.1, 0.15) is 20.7 Å². The average molecular weight is 909 g/mol. The molecule has 2 aromatic heterocycles. The molecule has 0 bridgehead atoms. The number of benzene rings is 2. The van der Waals surface area contributed by atoms with Gasteiger partial charge in [0.25, 0.3) is 17.0 Å². The SMILES string of the molecule is CO/C(C=CC(=O)N(CC(=O)O)/C(SC)=c1/s/c(=c2\oc(=C3C(=O)c4ccccc4C3=O)n(CC(=O)O)c2=O)n(CC(=O)O)c1=O)=C1\Sc2cc3c(cc2N1CC(=O)O)OCO3. The third kappa shape index (κ3) is 7.76. The highest BCUT2D eigenvalue weighted by Crippen LogP contribution is 2.52. The molecular weight excluding hydrogens is 881 g/mol. The van der Waals surface area contributed by atoms with Gasteiger partial charge >= 0.3 is 23.9 Å². The molecule has 4 heterocycles. The maximum Gasteiger partial charge on any atom is 0.323 e. The van der Waals surface area contributed by atoms with Gasteiger partial charge in [0.1, 0.15) is 56.8 Å². The van der Waals surface area contributed by atoms with E-state index in [9.17, 15) is 63.6 Å². The molecule has 62 heavy (non-hydrogen) atoms. The number of carboxylic acids is 4. The van der Waals surface area contributed by atoms with Gasteiger partial charge < -0.3 is 44.0 Å². The summed E-state index contributed by atoms with van der Waals surface area (Å²) in [6, 6.07) is 8.86. The quantitative estimate of drug-likeness (QED) is 0.105. The lowest BCUT2D eigenvalue weighted by molar-refractivity contribution is -0.140. The molecule has 320 valence electrons. The predicted octanol–water partition coefficient (Wildman–Crippen LogP) is 0.490. The Bertz CT molecular complexity index is 3070. The minimum atomic E-state index is -1.60. The van der Waals surface area contributed by atoms with Crippen molar-refractivity contribution in [2.45, 2.75) is 18.0 Å². The number of Topliss-reactive ketones (excluding diaryl/α,β-unsaturated/α-hetero) is 2. The number of hydrogen-bond donors (Lipinski definition) is 4. The van der Waals surface area contributed by atoms with E-state index in [2.05, 4.69) is 0 Å². The highest BCUT2D eigenvalue weighted by Gasteiger charge is 2.37. The average Bonchev–Trinajstić information content (AvgIpc) is 4.02. The van der Waals surface area contributed by atoms with E-state index in [4.69, 9.17) is 18.6 Å². The van der Waals surface area contributed by atoms with Gasteiger partial charge in [-0.1, -0.05) is 36.0 Å². The van der Waals surface area contributed by atoms with E-state index in [1.54, 1.807) is 12.1 Å². The van der Waals surface area contributed by atoms with Gasteiger partial charge in [0.15, 0.2) is 11.5 Å². The van der Waals surface area contributed by atoms with Gasteiger partial charge in [-0.25, -0.2) is 0 Å². The number of ether oxygens (including phenoxy) is 3. The predicted molar refractivity (Wildman–Crippen MR) is 215 cm³/mol. The van der Waals surface area contributed by atoms with Crippen molar-refractivity contribution in [3.63, 3.8) is 0 Å². The van der Waals surface area contributed by atoms with Gasteiger partial charge in [0.2, 0.25) is 29.3 Å². The number of fused-ring (bicyclic) bond motifs is 3. The zero-order valence-corrected chi connectivity index (χ0v) is 34.2. The summed E-state index contributed by atoms with van der Waals surface area (Å²) in [5, 5.41) is 39.0. The van der Waals surface area contributed by atoms with Crippen molar-refractivity contribution in [3.8, 4) is 11.5 Å². The molecule has 0 saturated heterocycles. The molecule has 2 aliphatic heterocycles. The number of hydrogen-bond acceptors (Lipinski definition) is 17. The molecule has 4 N–H and O–H groups in total. The van der Waals surface area contributed by atoms with Crippen LogP contribution in [0.25, 0.3) is 10.6 Å². The standard InChI is InChI=1S/C38H28N4O17S3/c1-56-19(36-39(11-24(44)45)18-9-20-21(58-15-57-20)10-22(18)61-36)7-8-23(43)40(12-25(46)47)38(60-2)32-34(55)42(14-27(50)51)37(62-32)31-33(54)41(13-26(48)49)35(59-31)28-29(52)16-5-3-4-6-17(16)30(28)53/h3-10H,11-15H2,1-2H3,(H,44,45)(H,46,47)(H,48,49)(H,50,51)/b8-7?,36-19-,37-31-,38-32-. The molecule has 1 amide bonds. The third-order valence-electron chi connectivity index (χ3n) is 9.12. The Kier molecular flexibility index (Phi) is 11.7. The van der Waals surface area contributed by atoms with Gasteiger partial charge in [-0.05, 0) is 12.3 Å². The van der Waals surface area contributed by atoms with E-state index in [1.807, 2.05) is 0 Å². The van der Waals surface area contributed by atoms with Crippen molar-refractivity contribution in [3.05, 3.63) is 111 Å². The number of nitrogens with zero attached hydrogens (tertiary/aromatic N) is 4. The molecule has 0 spiro atoms. The van der Waals surface area contributed by atoms with Crippen LogP contribution in [0.4, 0.5) is 5.69 Å². The summed E-state index contributed by atoms with van der Waals surface area (Å²) in [6.45, 7) is -3.87. The number of oxazole rings is 1. The summed E-state index contributed by atoms with van der Waals surface area (Å²) >= 11 is 2.19. The minimum absolute atomic E-state index is 0.0301. The maximum absolute atomic E-state index is 14.1. The number of amides is 1. The van der Waals surface area contributed by atoms with Crippen LogP contribution in [-0.2, 0) is 41.8 Å². The number of methoxy groups -OCH3 is 1. The van der Waals surface area contributed by atoms with Crippen LogP contribution in [0.15, 0.2) is 78.2 Å². The lowest BCUT2D eigenvalue weighted by atomic mass is 10.1. The first-order valence-electron chi connectivity index (χ1n) is 17.5. The number of thioether (sulfide) groups is 2. The first-order valence-corrected chi connectivity index (χ1v) is 20.4. The van der Waals surface area contributed by atoms with Crippen LogP contribution in [-0.4, -0.2) is 109 Å². The number of carboxylic acid groups (broad SMARTS) is 4. The van der Waals surface area contributed by atoms with Crippen LogP contribution in [0.2, 0.25) is 0 Å². The molecule has 24 heteroatoms. The maximum atomic E-state index is 14.1. The second-order valence-corrected chi connectivity index (χ2v) is 15.7. The van der Waals surface area contributed by atoms with Crippen molar-refractivity contribution >= 4 is 92.5 Å². The number of ketones is 2. The lowest BCUT2D eigenvalue weighted by Crippen LogP contribution is -2.39. The molecule has 0 unspecified atom stereocenters. The van der Waals surface area contributed by atoms with Gasteiger partial charge in [-0.2, -0.15) is 0 Å². The van der Waals surface area contributed by atoms with E-state index < -0.39 is 104 Å². The van der Waals surface area contributed by atoms with Gasteiger partial charge in [0.05, 0.1) is 12.8 Å². The van der Waals surface area contributed by atoms with Crippen molar-refractivity contribution in [2.24, 2.45) is 0 Å². The van der Waals surface area contributed by atoms with Crippen LogP contribution in [0.5, 0.6) is 11.5 Å². The summed E-state index contributed by atoms with van der Waals surface area (Å²) in [5.41, 5.74) is -4.37. The summed E-state index contributed by atoms with van der Waals surface area (Å²) in [4.78, 5) is 120. The van der Waals surface area contributed by atoms with Crippen molar-refractivity contribution < 1.29 is 72.6 Å². The van der Waals surface area contributed by atoms with Crippen molar-refractivity contribution in [2.75, 3.05) is 38.1 Å². The number of aliphatic carboxylic acids is 4. The Morgan fingerprint density at radius 2 is 1.45 bits per heavy atom. The number of allylic oxidation sites excluding steroid dienone is 1. The summed E-state index contributed by atoms with van der Waals surface area (Å²) < 4.78 is 22.2. The molecule has 0 saturated carbocycles. The smallest absolute Gasteiger partial charge is 0.323 e. The first-order chi connectivity index (χ1) is 29.5. The number of anilines is 1. The molecule has 0 atom stereocenters. The molecule has 3 aliphatic rings. The third-order valence-corrected chi connectivity index (χ3v) is 12.4. The Morgan fingerprint density at radius 1 is 0.839 bits per heavy atom. The number of rotatable bonds is 13. The summed E-state index contributed by atoms with van der Waals surface area (Å²) in [7, 11) is 1.25. The molecule has 4 aromatic rings. The fourth-order valence-corrected chi connectivity index (χ4v) is 9.84. The molecule has 1 aliphatic carbocycles. The zero-order chi connectivity index (χ0) is 44.7. The Balaban J connectivity index is 1.41. The summed E-state index contributed by atoms with van der Waals surface area (Å²) in [5.74, 6) is -8.01. The normalized spacial score (nSPS) is 15.8. The van der Waals surface area contributed by atoms with Crippen molar-refractivity contribution in [1.29, 1.82) is 0 Å². The van der Waals surface area contributed by atoms with E-state index in [-0.39, 0.29) is 33.7 Å². The number of carbonyl (C=O) groups excluding carboxylic acids is 3. The van der Waals surface area contributed by atoms with Gasteiger partial charge in [-0.3, -0.25) is 57.2 Å². The monoisotopic (exact) mass is 908 g/mol. The molecule has 7 rings (SSSR count). The van der Waals surface area contributed by atoms with Crippen LogP contribution in [0.3, 0.4) is 0 Å². The molecular formula is C38H28N4O17S3. The van der Waals surface area contributed by atoms with Gasteiger partial charge in [-0.15, -0.1) is 23.1 Å². The largest absolute Gasteiger partial charge is 0.494 e. The highest BCUT2D eigenvalue weighted by atomic mass is 32.2. The molecule has 2 aromatic carbocycles. The molecule has 21 nitrogen and oxygen atoms in total. The van der Waals surface area contributed by atoms with E-state index in [0.29, 0.717) is 59.2 Å².